The Morgan fingerprint density at radius 3 is 2.56 bits per heavy atom. The number of rotatable bonds is 2. The summed E-state index contributed by atoms with van der Waals surface area (Å²) in [7, 11) is 0. The number of aryl methyl sites for hydroxylation is 2. The summed E-state index contributed by atoms with van der Waals surface area (Å²) in [5, 5.41) is 2.60. The third-order valence-electron chi connectivity index (χ3n) is 2.37. The lowest BCUT2D eigenvalue weighted by atomic mass is 10.1. The molecule has 1 aromatic carbocycles. The predicted octanol–water partition coefficient (Wildman–Crippen LogP) is 1.79. The smallest absolute Gasteiger partial charge is 0.407 e. The second-order valence-corrected chi connectivity index (χ2v) is 4.04. The second kappa shape index (κ2) is 4.43. The van der Waals surface area contributed by atoms with Crippen LogP contribution in [0.3, 0.4) is 0 Å². The quantitative estimate of drug-likeness (QED) is 0.828. The van der Waals surface area contributed by atoms with Crippen LogP contribution in [0.1, 0.15) is 11.1 Å². The lowest BCUT2D eigenvalue weighted by Gasteiger charge is -2.24. The molecule has 4 nitrogen and oxygen atoms in total. The van der Waals surface area contributed by atoms with Gasteiger partial charge in [0.05, 0.1) is 6.54 Å². The Labute approximate surface area is 94.6 Å². The molecule has 1 aliphatic heterocycles. The fourth-order valence-electron chi connectivity index (χ4n) is 1.74. The Bertz CT molecular complexity index is 373. The first kappa shape index (κ1) is 10.8. The first-order valence-corrected chi connectivity index (χ1v) is 5.29. The van der Waals surface area contributed by atoms with Gasteiger partial charge in [-0.25, -0.2) is 4.79 Å². The molecule has 1 atom stereocenters. The average Bonchev–Trinajstić information content (AvgIpc) is 2.20. The van der Waals surface area contributed by atoms with E-state index in [2.05, 4.69) is 11.4 Å². The molecule has 0 aliphatic carbocycles. The first-order valence-electron chi connectivity index (χ1n) is 5.29. The fraction of sp³-hybridized carbons (Fsp3) is 0.417. The summed E-state index contributed by atoms with van der Waals surface area (Å²) in [5.74, 6) is 0.822. The SMILES string of the molecule is Cc1cc(C)cc(O[C@H]2CNC(=O)OC2)c1. The summed E-state index contributed by atoms with van der Waals surface area (Å²) >= 11 is 0. The summed E-state index contributed by atoms with van der Waals surface area (Å²) in [6.45, 7) is 4.85. The van der Waals surface area contributed by atoms with Crippen molar-refractivity contribution in [1.29, 1.82) is 0 Å². The van der Waals surface area contributed by atoms with Gasteiger partial charge in [0.2, 0.25) is 0 Å². The molecule has 1 aliphatic rings. The Morgan fingerprint density at radius 2 is 2.00 bits per heavy atom. The molecule has 1 heterocycles. The van der Waals surface area contributed by atoms with Gasteiger partial charge in [0, 0.05) is 0 Å². The van der Waals surface area contributed by atoms with Crippen molar-refractivity contribution in [3.8, 4) is 5.75 Å². The molecular formula is C12H15NO3. The van der Waals surface area contributed by atoms with Gasteiger partial charge < -0.3 is 14.8 Å². The lowest BCUT2D eigenvalue weighted by Crippen LogP contribution is -2.45. The van der Waals surface area contributed by atoms with Crippen LogP contribution in [0, 0.1) is 13.8 Å². The summed E-state index contributed by atoms with van der Waals surface area (Å²) in [6, 6.07) is 6.04. The molecule has 1 N–H and O–H groups in total. The predicted molar refractivity (Wildman–Crippen MR) is 59.7 cm³/mol. The van der Waals surface area contributed by atoms with Gasteiger partial charge in [-0.15, -0.1) is 0 Å². The van der Waals surface area contributed by atoms with E-state index in [1.807, 2.05) is 26.0 Å². The molecule has 0 aromatic heterocycles. The van der Waals surface area contributed by atoms with Crippen molar-refractivity contribution in [3.05, 3.63) is 29.3 Å². The van der Waals surface area contributed by atoms with Crippen LogP contribution in [0.5, 0.6) is 5.75 Å². The number of amides is 1. The summed E-state index contributed by atoms with van der Waals surface area (Å²) < 4.78 is 10.6. The van der Waals surface area contributed by atoms with Crippen LogP contribution < -0.4 is 10.1 Å². The molecule has 0 radical (unpaired) electrons. The van der Waals surface area contributed by atoms with E-state index in [1.165, 1.54) is 0 Å². The van der Waals surface area contributed by atoms with Crippen LogP contribution in [-0.2, 0) is 4.74 Å². The van der Waals surface area contributed by atoms with Crippen molar-refractivity contribution >= 4 is 6.09 Å². The zero-order valence-electron chi connectivity index (χ0n) is 9.45. The number of hydrogen-bond donors (Lipinski definition) is 1. The average molecular weight is 221 g/mol. The van der Waals surface area contributed by atoms with Gasteiger partial charge in [-0.3, -0.25) is 0 Å². The molecule has 1 fully saturated rings. The van der Waals surface area contributed by atoms with Gasteiger partial charge in [0.1, 0.15) is 12.4 Å². The monoisotopic (exact) mass is 221 g/mol. The molecule has 2 rings (SSSR count). The molecule has 0 unspecified atom stereocenters. The van der Waals surface area contributed by atoms with Crippen molar-refractivity contribution in [3.63, 3.8) is 0 Å². The minimum Gasteiger partial charge on any atom is -0.485 e. The summed E-state index contributed by atoms with van der Waals surface area (Å²) in [6.07, 6.45) is -0.487. The van der Waals surface area contributed by atoms with Gasteiger partial charge >= 0.3 is 6.09 Å². The Balaban J connectivity index is 2.00. The largest absolute Gasteiger partial charge is 0.485 e. The van der Waals surface area contributed by atoms with Gasteiger partial charge in [0.25, 0.3) is 0 Å². The topological polar surface area (TPSA) is 47.6 Å². The first-order chi connectivity index (χ1) is 7.63. The lowest BCUT2D eigenvalue weighted by molar-refractivity contribution is 0.0562. The number of ether oxygens (including phenoxy) is 2. The Hall–Kier alpha value is -1.71. The third-order valence-corrected chi connectivity index (χ3v) is 2.37. The van der Waals surface area contributed by atoms with Gasteiger partial charge in [0.15, 0.2) is 6.10 Å². The minimum atomic E-state index is -0.375. The summed E-state index contributed by atoms with van der Waals surface area (Å²) in [4.78, 5) is 10.8. The highest BCUT2D eigenvalue weighted by Crippen LogP contribution is 2.18. The van der Waals surface area contributed by atoms with Crippen LogP contribution in [0.2, 0.25) is 0 Å². The number of alkyl carbamates (subject to hydrolysis) is 1. The van der Waals surface area contributed by atoms with Gasteiger partial charge in [-0.05, 0) is 37.1 Å². The van der Waals surface area contributed by atoms with Gasteiger partial charge in [-0.1, -0.05) is 6.07 Å². The molecule has 1 aromatic rings. The number of carbonyl (C=O) groups is 1. The van der Waals surface area contributed by atoms with Crippen LogP contribution in [0.25, 0.3) is 0 Å². The Morgan fingerprint density at radius 1 is 1.31 bits per heavy atom. The van der Waals surface area contributed by atoms with E-state index in [9.17, 15) is 4.79 Å². The molecule has 1 amide bonds. The highest BCUT2D eigenvalue weighted by molar-refractivity contribution is 5.67. The van der Waals surface area contributed by atoms with E-state index < -0.39 is 0 Å². The molecule has 0 saturated carbocycles. The van der Waals surface area contributed by atoms with E-state index in [4.69, 9.17) is 9.47 Å². The zero-order valence-corrected chi connectivity index (χ0v) is 9.45. The molecule has 4 heteroatoms. The van der Waals surface area contributed by atoms with Crippen molar-refractivity contribution in [2.75, 3.05) is 13.2 Å². The number of carbonyl (C=O) groups excluding carboxylic acids is 1. The van der Waals surface area contributed by atoms with Crippen LogP contribution in [0.4, 0.5) is 4.79 Å². The van der Waals surface area contributed by atoms with E-state index in [0.717, 1.165) is 16.9 Å². The van der Waals surface area contributed by atoms with E-state index in [1.54, 1.807) is 0 Å². The van der Waals surface area contributed by atoms with Crippen molar-refractivity contribution < 1.29 is 14.3 Å². The normalized spacial score (nSPS) is 19.9. The van der Waals surface area contributed by atoms with E-state index in [-0.39, 0.29) is 12.2 Å². The van der Waals surface area contributed by atoms with Crippen molar-refractivity contribution in [1.82, 2.24) is 5.32 Å². The zero-order chi connectivity index (χ0) is 11.5. The highest BCUT2D eigenvalue weighted by atomic mass is 16.6. The maximum atomic E-state index is 10.8. The molecule has 86 valence electrons. The Kier molecular flexibility index (Phi) is 2.99. The number of cyclic esters (lactones) is 1. The van der Waals surface area contributed by atoms with E-state index >= 15 is 0 Å². The van der Waals surface area contributed by atoms with E-state index in [0.29, 0.717) is 13.2 Å². The number of benzene rings is 1. The van der Waals surface area contributed by atoms with Crippen LogP contribution >= 0.6 is 0 Å². The summed E-state index contributed by atoms with van der Waals surface area (Å²) in [5.41, 5.74) is 2.33. The standard InChI is InChI=1S/C12H15NO3/c1-8-3-9(2)5-10(4-8)16-11-6-13-12(14)15-7-11/h3-5,11H,6-7H2,1-2H3,(H,13,14)/t11-/m0/s1. The maximum Gasteiger partial charge on any atom is 0.407 e. The number of nitrogens with one attached hydrogen (secondary N) is 1. The maximum absolute atomic E-state index is 10.8. The molecule has 0 bridgehead atoms. The van der Waals surface area contributed by atoms with Crippen molar-refractivity contribution in [2.24, 2.45) is 0 Å². The molecule has 1 saturated heterocycles. The van der Waals surface area contributed by atoms with Crippen molar-refractivity contribution in [2.45, 2.75) is 20.0 Å². The third kappa shape index (κ3) is 2.66. The molecule has 0 spiro atoms. The number of hydrogen-bond acceptors (Lipinski definition) is 3. The fourth-order valence-corrected chi connectivity index (χ4v) is 1.74. The minimum absolute atomic E-state index is 0.112. The van der Waals surface area contributed by atoms with Gasteiger partial charge in [-0.2, -0.15) is 0 Å². The molecular weight excluding hydrogens is 206 g/mol. The second-order valence-electron chi connectivity index (χ2n) is 4.04. The van der Waals surface area contributed by atoms with Crippen LogP contribution in [0.15, 0.2) is 18.2 Å². The molecule has 16 heavy (non-hydrogen) atoms. The van der Waals surface area contributed by atoms with Crippen LogP contribution in [-0.4, -0.2) is 25.3 Å². The highest BCUT2D eigenvalue weighted by Gasteiger charge is 2.20.